The van der Waals surface area contributed by atoms with Crippen molar-refractivity contribution in [2.75, 3.05) is 6.54 Å². The smallest absolute Gasteiger partial charge is 0.260 e. The van der Waals surface area contributed by atoms with Gasteiger partial charge in [0.25, 0.3) is 10.0 Å². The van der Waals surface area contributed by atoms with Gasteiger partial charge in [0.2, 0.25) is 0 Å². The summed E-state index contributed by atoms with van der Waals surface area (Å²) in [5.74, 6) is 0. The second-order valence-corrected chi connectivity index (χ2v) is 5.53. The highest BCUT2D eigenvalue weighted by atomic mass is 32.2. The van der Waals surface area contributed by atoms with Crippen molar-refractivity contribution in [2.45, 2.75) is 30.3 Å². The molecule has 0 aliphatic heterocycles. The lowest BCUT2D eigenvalue weighted by molar-refractivity contribution is 0.409. The second-order valence-electron chi connectivity index (χ2n) is 3.67. The third-order valence-electron chi connectivity index (χ3n) is 2.46. The van der Waals surface area contributed by atoms with Gasteiger partial charge in [0.05, 0.1) is 18.6 Å². The Hall–Kier alpha value is -1.39. The third-order valence-corrected chi connectivity index (χ3v) is 4.34. The molecule has 1 heterocycles. The molecule has 1 N–H and O–H groups in total. The Morgan fingerprint density at radius 1 is 1.62 bits per heavy atom. The van der Waals surface area contributed by atoms with E-state index in [1.807, 2.05) is 6.07 Å². The van der Waals surface area contributed by atoms with E-state index in [1.165, 1.54) is 16.8 Å². The van der Waals surface area contributed by atoms with Crippen molar-refractivity contribution in [3.05, 3.63) is 12.5 Å². The van der Waals surface area contributed by atoms with Gasteiger partial charge in [0, 0.05) is 19.0 Å². The molecular weight excluding hydrogens is 228 g/mol. The number of imidazole rings is 1. The highest BCUT2D eigenvalue weighted by Gasteiger charge is 2.38. The van der Waals surface area contributed by atoms with Gasteiger partial charge in [-0.15, -0.1) is 0 Å². The Labute approximate surface area is 94.0 Å². The summed E-state index contributed by atoms with van der Waals surface area (Å²) in [6.45, 7) is 0.252. The number of nitriles is 1. The average molecular weight is 240 g/mol. The Balaban J connectivity index is 2.22. The number of nitrogens with zero attached hydrogens (tertiary/aromatic N) is 3. The summed E-state index contributed by atoms with van der Waals surface area (Å²) in [4.78, 5) is 6.30. The summed E-state index contributed by atoms with van der Waals surface area (Å²) >= 11 is 0. The first-order valence-electron chi connectivity index (χ1n) is 5.03. The average Bonchev–Trinajstić information content (AvgIpc) is 2.92. The molecule has 0 atom stereocenters. The molecule has 0 radical (unpaired) electrons. The molecule has 1 aliphatic rings. The number of aromatic nitrogens is 2. The lowest BCUT2D eigenvalue weighted by atomic mass is 10.4. The van der Waals surface area contributed by atoms with Gasteiger partial charge in [-0.2, -0.15) is 9.57 Å². The maximum atomic E-state index is 12.1. The van der Waals surface area contributed by atoms with Crippen molar-refractivity contribution in [1.29, 1.82) is 5.26 Å². The van der Waals surface area contributed by atoms with Crippen LogP contribution in [0, 0.1) is 11.3 Å². The van der Waals surface area contributed by atoms with Crippen LogP contribution < -0.4 is 0 Å². The zero-order chi connectivity index (χ0) is 11.6. The number of rotatable bonds is 5. The van der Waals surface area contributed by atoms with E-state index in [9.17, 15) is 8.42 Å². The summed E-state index contributed by atoms with van der Waals surface area (Å²) in [7, 11) is -3.50. The SMILES string of the molecule is N#CCCN(C1CC1)S(=O)(=O)c1cnc[nH]1. The predicted octanol–water partition coefficient (Wildman–Crippen LogP) is 0.476. The van der Waals surface area contributed by atoms with Gasteiger partial charge >= 0.3 is 0 Å². The molecular formula is C9H12N4O2S. The number of hydrogen-bond donors (Lipinski definition) is 1. The minimum atomic E-state index is -3.50. The lowest BCUT2D eigenvalue weighted by Gasteiger charge is -2.19. The topological polar surface area (TPSA) is 89.8 Å². The molecule has 1 aromatic heterocycles. The van der Waals surface area contributed by atoms with E-state index in [2.05, 4.69) is 9.97 Å². The summed E-state index contributed by atoms with van der Waals surface area (Å²) in [6, 6.07) is 2.02. The van der Waals surface area contributed by atoms with Crippen LogP contribution in [-0.2, 0) is 10.0 Å². The maximum absolute atomic E-state index is 12.1. The van der Waals surface area contributed by atoms with Gasteiger partial charge in [-0.25, -0.2) is 13.4 Å². The maximum Gasteiger partial charge on any atom is 0.260 e. The Kier molecular flexibility index (Phi) is 2.94. The van der Waals surface area contributed by atoms with Crippen LogP contribution in [0.2, 0.25) is 0 Å². The van der Waals surface area contributed by atoms with Gasteiger partial charge in [-0.3, -0.25) is 0 Å². The number of aromatic amines is 1. The summed E-state index contributed by atoms with van der Waals surface area (Å²) in [6.07, 6.45) is 4.58. The fourth-order valence-electron chi connectivity index (χ4n) is 1.53. The van der Waals surface area contributed by atoms with Crippen LogP contribution in [0.15, 0.2) is 17.6 Å². The van der Waals surface area contributed by atoms with E-state index in [4.69, 9.17) is 5.26 Å². The highest BCUT2D eigenvalue weighted by Crippen LogP contribution is 2.31. The first-order chi connectivity index (χ1) is 7.66. The van der Waals surface area contributed by atoms with Gasteiger partial charge in [0.15, 0.2) is 5.03 Å². The molecule has 1 fully saturated rings. The van der Waals surface area contributed by atoms with E-state index in [0.717, 1.165) is 12.8 Å². The largest absolute Gasteiger partial charge is 0.335 e. The first kappa shape index (κ1) is 11.1. The molecule has 0 bridgehead atoms. The van der Waals surface area contributed by atoms with E-state index >= 15 is 0 Å². The molecule has 0 amide bonds. The van der Waals surface area contributed by atoms with Crippen molar-refractivity contribution in [1.82, 2.24) is 14.3 Å². The Morgan fingerprint density at radius 3 is 2.88 bits per heavy atom. The van der Waals surface area contributed by atoms with Crippen LogP contribution in [0.1, 0.15) is 19.3 Å². The molecule has 0 spiro atoms. The molecule has 16 heavy (non-hydrogen) atoms. The highest BCUT2D eigenvalue weighted by molar-refractivity contribution is 7.89. The van der Waals surface area contributed by atoms with E-state index in [-0.39, 0.29) is 24.0 Å². The van der Waals surface area contributed by atoms with Crippen molar-refractivity contribution >= 4 is 10.0 Å². The van der Waals surface area contributed by atoms with Gasteiger partial charge in [-0.05, 0) is 12.8 Å². The molecule has 86 valence electrons. The monoisotopic (exact) mass is 240 g/mol. The summed E-state index contributed by atoms with van der Waals surface area (Å²) in [5.41, 5.74) is 0. The van der Waals surface area contributed by atoms with Crippen molar-refractivity contribution < 1.29 is 8.42 Å². The van der Waals surface area contributed by atoms with Crippen LogP contribution in [0.25, 0.3) is 0 Å². The zero-order valence-electron chi connectivity index (χ0n) is 8.63. The number of nitrogens with one attached hydrogen (secondary N) is 1. The van der Waals surface area contributed by atoms with Gasteiger partial charge < -0.3 is 4.98 Å². The van der Waals surface area contributed by atoms with Gasteiger partial charge in [0.1, 0.15) is 0 Å². The van der Waals surface area contributed by atoms with E-state index in [1.54, 1.807) is 0 Å². The minimum Gasteiger partial charge on any atom is -0.335 e. The molecule has 0 saturated heterocycles. The predicted molar refractivity (Wildman–Crippen MR) is 55.7 cm³/mol. The summed E-state index contributed by atoms with van der Waals surface area (Å²) < 4.78 is 25.6. The fraction of sp³-hybridized carbons (Fsp3) is 0.556. The molecule has 2 rings (SSSR count). The van der Waals surface area contributed by atoms with Crippen LogP contribution >= 0.6 is 0 Å². The molecule has 0 unspecified atom stereocenters. The molecule has 1 aromatic rings. The van der Waals surface area contributed by atoms with E-state index in [0.29, 0.717) is 0 Å². The van der Waals surface area contributed by atoms with E-state index < -0.39 is 10.0 Å². The first-order valence-corrected chi connectivity index (χ1v) is 6.47. The Morgan fingerprint density at radius 2 is 2.38 bits per heavy atom. The van der Waals surface area contributed by atoms with Crippen LogP contribution in [0.4, 0.5) is 0 Å². The van der Waals surface area contributed by atoms with Crippen LogP contribution in [0.3, 0.4) is 0 Å². The third kappa shape index (κ3) is 2.08. The molecule has 0 aromatic carbocycles. The Bertz CT molecular complexity index is 484. The van der Waals surface area contributed by atoms with Crippen molar-refractivity contribution in [3.63, 3.8) is 0 Å². The molecule has 1 aliphatic carbocycles. The zero-order valence-corrected chi connectivity index (χ0v) is 9.44. The van der Waals surface area contributed by atoms with Crippen LogP contribution in [0.5, 0.6) is 0 Å². The minimum absolute atomic E-state index is 0.0571. The lowest BCUT2D eigenvalue weighted by Crippen LogP contribution is -2.34. The normalized spacial score (nSPS) is 16.2. The van der Waals surface area contributed by atoms with Crippen molar-refractivity contribution in [2.24, 2.45) is 0 Å². The van der Waals surface area contributed by atoms with Crippen molar-refractivity contribution in [3.8, 4) is 6.07 Å². The molecule has 7 heteroatoms. The quantitative estimate of drug-likeness (QED) is 0.810. The van der Waals surface area contributed by atoms with Crippen LogP contribution in [-0.4, -0.2) is 35.3 Å². The fourth-order valence-corrected chi connectivity index (χ4v) is 3.12. The standard InChI is InChI=1S/C9H12N4O2S/c10-4-1-5-13(8-2-3-8)16(14,15)9-6-11-7-12-9/h6-8H,1-3,5H2,(H,11,12). The number of H-pyrrole nitrogens is 1. The van der Waals surface area contributed by atoms with Gasteiger partial charge in [-0.1, -0.05) is 0 Å². The second kappa shape index (κ2) is 4.23. The number of hydrogen-bond acceptors (Lipinski definition) is 4. The molecule has 6 nitrogen and oxygen atoms in total. The number of sulfonamides is 1. The summed E-state index contributed by atoms with van der Waals surface area (Å²) in [5, 5.41) is 8.62. The molecule has 1 saturated carbocycles.